The molecule has 0 aromatic heterocycles. The zero-order chi connectivity index (χ0) is 6.72. The van der Waals surface area contributed by atoms with E-state index >= 15 is 0 Å². The summed E-state index contributed by atoms with van der Waals surface area (Å²) in [6, 6.07) is 0.609. The van der Waals surface area contributed by atoms with Crippen molar-refractivity contribution in [3.63, 3.8) is 0 Å². The molecule has 1 nitrogen and oxygen atoms in total. The topological polar surface area (TPSA) is 26.0 Å². The molecular formula is C9H15N. The molecule has 0 bridgehead atoms. The summed E-state index contributed by atoms with van der Waals surface area (Å²) in [5.74, 6) is 4.07. The summed E-state index contributed by atoms with van der Waals surface area (Å²) in [7, 11) is 0. The smallest absolute Gasteiger partial charge is 0.0101 e. The summed E-state index contributed by atoms with van der Waals surface area (Å²) in [6.07, 6.45) is 5.89. The van der Waals surface area contributed by atoms with Crippen molar-refractivity contribution < 1.29 is 0 Å². The van der Waals surface area contributed by atoms with Gasteiger partial charge in [-0.3, -0.25) is 0 Å². The molecule has 0 heterocycles. The Morgan fingerprint density at radius 2 is 1.10 bits per heavy atom. The first kappa shape index (κ1) is 5.59. The fourth-order valence-electron chi connectivity index (χ4n) is 3.44. The van der Waals surface area contributed by atoms with Gasteiger partial charge in [-0.05, 0) is 49.4 Å². The average molecular weight is 137 g/mol. The SMILES string of the molecule is N[C@@H]1C2CCC2[C@H]2CCC12. The Hall–Kier alpha value is -0.0400. The summed E-state index contributed by atoms with van der Waals surface area (Å²) in [5.41, 5.74) is 6.11. The fraction of sp³-hybridized carbons (Fsp3) is 1.00. The second-order valence-corrected chi connectivity index (χ2v) is 4.39. The molecule has 1 heteroatoms. The Kier molecular flexibility index (Phi) is 0.883. The van der Waals surface area contributed by atoms with Crippen LogP contribution in [-0.4, -0.2) is 6.04 Å². The second-order valence-electron chi connectivity index (χ2n) is 4.39. The molecule has 0 saturated heterocycles. The highest BCUT2D eigenvalue weighted by atomic mass is 14.8. The maximum atomic E-state index is 6.11. The summed E-state index contributed by atoms with van der Waals surface area (Å²) in [5, 5.41) is 0. The zero-order valence-electron chi connectivity index (χ0n) is 6.29. The molecule has 10 heavy (non-hydrogen) atoms. The molecule has 2 N–H and O–H groups in total. The van der Waals surface area contributed by atoms with Crippen LogP contribution in [0.4, 0.5) is 0 Å². The van der Waals surface area contributed by atoms with Gasteiger partial charge in [-0.2, -0.15) is 0 Å². The van der Waals surface area contributed by atoms with E-state index in [9.17, 15) is 0 Å². The van der Waals surface area contributed by atoms with E-state index < -0.39 is 0 Å². The van der Waals surface area contributed by atoms with E-state index in [4.69, 9.17) is 5.73 Å². The van der Waals surface area contributed by atoms with E-state index in [1.165, 1.54) is 25.7 Å². The van der Waals surface area contributed by atoms with Crippen molar-refractivity contribution in [2.75, 3.05) is 0 Å². The molecule has 0 aliphatic heterocycles. The zero-order valence-corrected chi connectivity index (χ0v) is 6.29. The van der Waals surface area contributed by atoms with Crippen LogP contribution in [-0.2, 0) is 0 Å². The van der Waals surface area contributed by atoms with Crippen LogP contribution in [0.25, 0.3) is 0 Å². The van der Waals surface area contributed by atoms with Crippen LogP contribution in [0.3, 0.4) is 0 Å². The van der Waals surface area contributed by atoms with Gasteiger partial charge in [-0.15, -0.1) is 0 Å². The van der Waals surface area contributed by atoms with Crippen molar-refractivity contribution in [2.24, 2.45) is 29.4 Å². The average Bonchev–Trinajstić information content (AvgIpc) is 1.84. The molecule has 3 rings (SSSR count). The minimum absolute atomic E-state index is 0.609. The third kappa shape index (κ3) is 0.430. The van der Waals surface area contributed by atoms with E-state index in [-0.39, 0.29) is 0 Å². The molecule has 0 radical (unpaired) electrons. The van der Waals surface area contributed by atoms with Gasteiger partial charge in [0.15, 0.2) is 0 Å². The van der Waals surface area contributed by atoms with Crippen LogP contribution in [0.15, 0.2) is 0 Å². The Bertz CT molecular complexity index is 121. The molecule has 0 amide bonds. The second kappa shape index (κ2) is 1.58. The van der Waals surface area contributed by atoms with Gasteiger partial charge in [-0.1, -0.05) is 0 Å². The van der Waals surface area contributed by atoms with E-state index in [2.05, 4.69) is 0 Å². The van der Waals surface area contributed by atoms with Gasteiger partial charge < -0.3 is 5.73 Å². The third-order valence-electron chi connectivity index (χ3n) is 4.31. The highest BCUT2D eigenvalue weighted by Gasteiger charge is 2.56. The summed E-state index contributed by atoms with van der Waals surface area (Å²) in [4.78, 5) is 0. The van der Waals surface area contributed by atoms with Crippen LogP contribution in [0.2, 0.25) is 0 Å². The van der Waals surface area contributed by atoms with Gasteiger partial charge in [0.1, 0.15) is 0 Å². The van der Waals surface area contributed by atoms with Crippen LogP contribution in [0, 0.1) is 23.7 Å². The van der Waals surface area contributed by atoms with E-state index in [0.717, 1.165) is 23.7 Å². The summed E-state index contributed by atoms with van der Waals surface area (Å²) in [6.45, 7) is 0. The van der Waals surface area contributed by atoms with Crippen molar-refractivity contribution in [1.29, 1.82) is 0 Å². The monoisotopic (exact) mass is 137 g/mol. The van der Waals surface area contributed by atoms with Gasteiger partial charge in [0.25, 0.3) is 0 Å². The Labute approximate surface area is 62.0 Å². The van der Waals surface area contributed by atoms with Gasteiger partial charge in [-0.25, -0.2) is 0 Å². The number of hydrogen-bond acceptors (Lipinski definition) is 1. The van der Waals surface area contributed by atoms with Crippen molar-refractivity contribution in [2.45, 2.75) is 31.7 Å². The molecule has 5 atom stereocenters. The summed E-state index contributed by atoms with van der Waals surface area (Å²) < 4.78 is 0. The largest absolute Gasteiger partial charge is 0.327 e. The molecule has 0 spiro atoms. The highest BCUT2D eigenvalue weighted by molar-refractivity contribution is 5.08. The number of nitrogens with two attached hydrogens (primary N) is 1. The van der Waals surface area contributed by atoms with Gasteiger partial charge >= 0.3 is 0 Å². The number of rotatable bonds is 0. The van der Waals surface area contributed by atoms with Crippen molar-refractivity contribution in [3.8, 4) is 0 Å². The lowest BCUT2D eigenvalue weighted by Gasteiger charge is -2.38. The molecule has 0 aromatic carbocycles. The van der Waals surface area contributed by atoms with E-state index in [0.29, 0.717) is 6.04 Å². The maximum absolute atomic E-state index is 6.11. The lowest BCUT2D eigenvalue weighted by atomic mass is 9.67. The Balaban J connectivity index is 1.90. The Morgan fingerprint density at radius 1 is 0.700 bits per heavy atom. The van der Waals surface area contributed by atoms with Gasteiger partial charge in [0.2, 0.25) is 0 Å². The number of fused-ring (bicyclic) bond motifs is 3. The van der Waals surface area contributed by atoms with Crippen LogP contribution >= 0.6 is 0 Å². The van der Waals surface area contributed by atoms with Crippen molar-refractivity contribution in [3.05, 3.63) is 0 Å². The fourth-order valence-corrected chi connectivity index (χ4v) is 3.44. The predicted molar refractivity (Wildman–Crippen MR) is 40.4 cm³/mol. The maximum Gasteiger partial charge on any atom is 0.0101 e. The van der Waals surface area contributed by atoms with Crippen molar-refractivity contribution in [1.82, 2.24) is 0 Å². The predicted octanol–water partition coefficient (Wildman–Crippen LogP) is 1.38. The van der Waals surface area contributed by atoms with Crippen LogP contribution < -0.4 is 5.73 Å². The lowest BCUT2D eigenvalue weighted by molar-refractivity contribution is 0.115. The highest BCUT2D eigenvalue weighted by Crippen LogP contribution is 2.60. The lowest BCUT2D eigenvalue weighted by Crippen LogP contribution is -2.37. The van der Waals surface area contributed by atoms with Crippen molar-refractivity contribution >= 4 is 0 Å². The number of hydrogen-bond donors (Lipinski definition) is 1. The quantitative estimate of drug-likeness (QED) is 0.536. The van der Waals surface area contributed by atoms with Gasteiger partial charge in [0, 0.05) is 6.04 Å². The standard InChI is InChI=1S/C9H15N/c10-9-7-3-1-5(7)6-2-4-8(6)9/h5-9H,1-4,10H2/t5-,6?,7?,8?,9+/m1/s1. The molecule has 56 valence electrons. The molecule has 3 aliphatic carbocycles. The molecule has 3 saturated carbocycles. The van der Waals surface area contributed by atoms with Crippen LogP contribution in [0.1, 0.15) is 25.7 Å². The third-order valence-corrected chi connectivity index (χ3v) is 4.31. The molecule has 3 unspecified atom stereocenters. The minimum Gasteiger partial charge on any atom is -0.327 e. The summed E-state index contributed by atoms with van der Waals surface area (Å²) >= 11 is 0. The van der Waals surface area contributed by atoms with E-state index in [1.807, 2.05) is 0 Å². The minimum atomic E-state index is 0.609. The first-order valence-electron chi connectivity index (χ1n) is 4.63. The molecular weight excluding hydrogens is 122 g/mol. The first-order valence-corrected chi connectivity index (χ1v) is 4.63. The van der Waals surface area contributed by atoms with Crippen LogP contribution in [0.5, 0.6) is 0 Å². The molecule has 3 fully saturated rings. The van der Waals surface area contributed by atoms with E-state index in [1.54, 1.807) is 0 Å². The Morgan fingerprint density at radius 3 is 1.30 bits per heavy atom. The first-order chi connectivity index (χ1) is 4.88. The molecule has 3 aliphatic rings. The van der Waals surface area contributed by atoms with Gasteiger partial charge in [0.05, 0.1) is 0 Å². The normalized spacial score (nSPS) is 63.9. The molecule has 0 aromatic rings.